The lowest BCUT2D eigenvalue weighted by Gasteiger charge is -2.33. The van der Waals surface area contributed by atoms with Crippen molar-refractivity contribution in [3.63, 3.8) is 0 Å². The lowest BCUT2D eigenvalue weighted by atomic mass is 9.34. The van der Waals surface area contributed by atoms with Crippen LogP contribution in [-0.4, -0.2) is 6.71 Å². The summed E-state index contributed by atoms with van der Waals surface area (Å²) in [6.45, 7) is 0.0229. The monoisotopic (exact) mass is 710 g/mol. The number of rotatable bonds is 2. The molecule has 4 aliphatic rings. The van der Waals surface area contributed by atoms with E-state index in [1.54, 1.807) is 0 Å². The Morgan fingerprint density at radius 2 is 0.893 bits per heavy atom. The molecule has 0 saturated heterocycles. The van der Waals surface area contributed by atoms with Gasteiger partial charge in [-0.25, -0.2) is 0 Å². The molecule has 2 aliphatic heterocycles. The Hall–Kier alpha value is -7.10. The van der Waals surface area contributed by atoms with Gasteiger partial charge in [-0.3, -0.25) is 0 Å². The summed E-state index contributed by atoms with van der Waals surface area (Å²) in [5.74, 6) is 3.52. The minimum absolute atomic E-state index is 0.0229. The summed E-state index contributed by atoms with van der Waals surface area (Å²) in [6.07, 6.45) is 0. The van der Waals surface area contributed by atoms with Crippen molar-refractivity contribution >= 4 is 33.9 Å². The first-order chi connectivity index (χ1) is 27.8. The molecule has 0 unspecified atom stereocenters. The second-order valence-corrected chi connectivity index (χ2v) is 15.5. The van der Waals surface area contributed by atoms with E-state index in [1.807, 2.05) is 18.2 Å². The van der Waals surface area contributed by atoms with Crippen molar-refractivity contribution in [2.45, 2.75) is 5.41 Å². The third kappa shape index (κ3) is 3.82. The number of para-hydroxylation sites is 2. The smallest absolute Gasteiger partial charge is 0.260 e. The Kier molecular flexibility index (Phi) is 5.94. The molecule has 2 nitrogen and oxygen atoms in total. The van der Waals surface area contributed by atoms with Crippen molar-refractivity contribution in [2.75, 3.05) is 0 Å². The van der Waals surface area contributed by atoms with Gasteiger partial charge in [-0.1, -0.05) is 152 Å². The number of ether oxygens (including phenoxy) is 2. The third-order valence-electron chi connectivity index (χ3n) is 12.8. The van der Waals surface area contributed by atoms with E-state index in [9.17, 15) is 0 Å². The zero-order valence-corrected chi connectivity index (χ0v) is 30.3. The van der Waals surface area contributed by atoms with Gasteiger partial charge in [0.25, 0.3) is 6.71 Å². The molecule has 258 valence electrons. The van der Waals surface area contributed by atoms with Gasteiger partial charge in [0.2, 0.25) is 0 Å². The highest BCUT2D eigenvalue weighted by Gasteiger charge is 2.51. The number of benzene rings is 9. The van der Waals surface area contributed by atoms with Gasteiger partial charge in [-0.05, 0) is 119 Å². The normalized spacial score (nSPS) is 14.1. The highest BCUT2D eigenvalue weighted by molar-refractivity contribution is 6.98. The molecule has 13 rings (SSSR count). The maximum Gasteiger partial charge on any atom is 0.260 e. The van der Waals surface area contributed by atoms with Crippen LogP contribution in [-0.2, 0) is 5.41 Å². The third-order valence-corrected chi connectivity index (χ3v) is 12.8. The number of hydrogen-bond acceptors (Lipinski definition) is 2. The van der Waals surface area contributed by atoms with Crippen molar-refractivity contribution < 1.29 is 9.47 Å². The summed E-state index contributed by atoms with van der Waals surface area (Å²) in [5, 5.41) is 2.47. The second-order valence-electron chi connectivity index (χ2n) is 15.5. The molecule has 9 aromatic carbocycles. The predicted octanol–water partition coefficient (Wildman–Crippen LogP) is 11.2. The molecule has 2 heterocycles. The molecule has 0 bridgehead atoms. The topological polar surface area (TPSA) is 18.5 Å². The summed E-state index contributed by atoms with van der Waals surface area (Å²) in [6, 6.07) is 68.9. The fraction of sp³-hybridized carbons (Fsp3) is 0.0189. The van der Waals surface area contributed by atoms with Crippen LogP contribution in [0.1, 0.15) is 22.3 Å². The zero-order chi connectivity index (χ0) is 36.5. The number of fused-ring (bicyclic) bond motifs is 15. The fourth-order valence-electron chi connectivity index (χ4n) is 10.6. The van der Waals surface area contributed by atoms with E-state index in [0.29, 0.717) is 0 Å². The Morgan fingerprint density at radius 3 is 1.64 bits per heavy atom. The van der Waals surface area contributed by atoms with E-state index in [1.165, 1.54) is 66.4 Å². The summed E-state index contributed by atoms with van der Waals surface area (Å²) in [5.41, 5.74) is 18.4. The molecule has 0 fully saturated rings. The van der Waals surface area contributed by atoms with Crippen molar-refractivity contribution in [3.05, 3.63) is 210 Å². The summed E-state index contributed by atoms with van der Waals surface area (Å²) >= 11 is 0. The van der Waals surface area contributed by atoms with Crippen LogP contribution in [0.15, 0.2) is 188 Å². The molecule has 0 N–H and O–H groups in total. The standard InChI is InChI=1S/C53H31BO2/c1-2-14-36(40-18-11-23-47-52(40)56-50-26-12-25-49-51(50)54(47)46-22-9-10-24-48(46)55-49)35(13-1)33-28-27-32-31-45-41(30-34(32)29-33)39-17-5-8-21-44(39)53(45)42-19-6-3-15-37(42)38-16-4-7-20-43(38)53/h1-31H. The highest BCUT2D eigenvalue weighted by Crippen LogP contribution is 2.63. The van der Waals surface area contributed by atoms with E-state index in [-0.39, 0.29) is 12.1 Å². The van der Waals surface area contributed by atoms with Crippen LogP contribution in [0.4, 0.5) is 0 Å². The van der Waals surface area contributed by atoms with Gasteiger partial charge >= 0.3 is 0 Å². The fourth-order valence-corrected chi connectivity index (χ4v) is 10.6. The van der Waals surface area contributed by atoms with Gasteiger partial charge < -0.3 is 9.47 Å². The molecule has 0 radical (unpaired) electrons. The molecule has 9 aromatic rings. The molecule has 2 aliphatic carbocycles. The van der Waals surface area contributed by atoms with E-state index in [4.69, 9.17) is 9.47 Å². The summed E-state index contributed by atoms with van der Waals surface area (Å²) < 4.78 is 13.3. The van der Waals surface area contributed by atoms with Crippen molar-refractivity contribution in [2.24, 2.45) is 0 Å². The van der Waals surface area contributed by atoms with Crippen LogP contribution in [0.2, 0.25) is 0 Å². The SMILES string of the molecule is c1ccc2c(c1)Oc1cccc3c1B2c1cccc(-c2ccccc2-c2ccc4cc5c(cc4c2)-c2ccccc2C52c4ccccc4-c4ccccc42)c1O3. The second kappa shape index (κ2) is 11.0. The lowest BCUT2D eigenvalue weighted by Crippen LogP contribution is -2.57. The van der Waals surface area contributed by atoms with Crippen LogP contribution in [0, 0.1) is 0 Å². The highest BCUT2D eigenvalue weighted by atomic mass is 16.5. The van der Waals surface area contributed by atoms with Crippen LogP contribution < -0.4 is 25.9 Å². The first-order valence-corrected chi connectivity index (χ1v) is 19.5. The Bertz CT molecular complexity index is 3130. The van der Waals surface area contributed by atoms with Crippen LogP contribution in [0.25, 0.3) is 55.3 Å². The molecule has 1 spiro atoms. The Labute approximate surface area is 325 Å². The molecule has 0 atom stereocenters. The van der Waals surface area contributed by atoms with E-state index >= 15 is 0 Å². The predicted molar refractivity (Wildman–Crippen MR) is 229 cm³/mol. The average molecular weight is 711 g/mol. The van der Waals surface area contributed by atoms with Crippen molar-refractivity contribution in [3.8, 4) is 67.5 Å². The molecular formula is C53H31BO2. The minimum atomic E-state index is -0.352. The molecule has 56 heavy (non-hydrogen) atoms. The largest absolute Gasteiger partial charge is 0.458 e. The van der Waals surface area contributed by atoms with Crippen LogP contribution >= 0.6 is 0 Å². The average Bonchev–Trinajstić information content (AvgIpc) is 3.72. The van der Waals surface area contributed by atoms with Crippen molar-refractivity contribution in [1.82, 2.24) is 0 Å². The van der Waals surface area contributed by atoms with E-state index < -0.39 is 0 Å². The summed E-state index contributed by atoms with van der Waals surface area (Å²) in [7, 11) is 0. The van der Waals surface area contributed by atoms with Gasteiger partial charge in [-0.2, -0.15) is 0 Å². The first-order valence-electron chi connectivity index (χ1n) is 19.5. The molecule has 3 heteroatoms. The quantitative estimate of drug-likeness (QED) is 0.166. The van der Waals surface area contributed by atoms with Crippen LogP contribution in [0.3, 0.4) is 0 Å². The Morgan fingerprint density at radius 1 is 0.339 bits per heavy atom. The number of hydrogen-bond donors (Lipinski definition) is 0. The maximum atomic E-state index is 6.89. The molecule has 0 saturated carbocycles. The van der Waals surface area contributed by atoms with Gasteiger partial charge in [0.1, 0.15) is 23.0 Å². The summed E-state index contributed by atoms with van der Waals surface area (Å²) in [4.78, 5) is 0. The van der Waals surface area contributed by atoms with Gasteiger partial charge in [0.05, 0.1) is 5.41 Å². The van der Waals surface area contributed by atoms with Gasteiger partial charge in [0.15, 0.2) is 0 Å². The molecule has 0 amide bonds. The van der Waals surface area contributed by atoms with E-state index in [2.05, 4.69) is 170 Å². The first kappa shape index (κ1) is 30.3. The zero-order valence-electron chi connectivity index (χ0n) is 30.3. The van der Waals surface area contributed by atoms with Crippen LogP contribution in [0.5, 0.6) is 23.0 Å². The molecule has 0 aromatic heterocycles. The maximum absolute atomic E-state index is 6.89. The van der Waals surface area contributed by atoms with E-state index in [0.717, 1.165) is 50.5 Å². The van der Waals surface area contributed by atoms with Gasteiger partial charge in [0, 0.05) is 11.0 Å². The molecular weight excluding hydrogens is 679 g/mol. The van der Waals surface area contributed by atoms with Crippen molar-refractivity contribution in [1.29, 1.82) is 0 Å². The minimum Gasteiger partial charge on any atom is -0.458 e. The Balaban J connectivity index is 0.987. The lowest BCUT2D eigenvalue weighted by molar-refractivity contribution is 0.465. The van der Waals surface area contributed by atoms with Gasteiger partial charge in [-0.15, -0.1) is 0 Å².